The van der Waals surface area contributed by atoms with Crippen LogP contribution >= 0.6 is 0 Å². The molecule has 3 N–H and O–H groups in total. The molecular formula is C22H35N3O3. The summed E-state index contributed by atoms with van der Waals surface area (Å²) < 4.78 is 5.82. The molecule has 2 rings (SSSR count). The zero-order chi connectivity index (χ0) is 20.5. The molecule has 6 nitrogen and oxygen atoms in total. The van der Waals surface area contributed by atoms with Crippen LogP contribution in [0.25, 0.3) is 0 Å². The summed E-state index contributed by atoms with van der Waals surface area (Å²) in [7, 11) is 0. The number of benzene rings is 1. The molecule has 0 saturated carbocycles. The first kappa shape index (κ1) is 22.4. The second-order valence-corrected chi connectivity index (χ2v) is 8.01. The van der Waals surface area contributed by atoms with Crippen molar-refractivity contribution < 1.29 is 14.3 Å². The molecule has 1 aromatic carbocycles. The van der Waals surface area contributed by atoms with Crippen LogP contribution in [0.15, 0.2) is 24.3 Å². The maximum atomic E-state index is 13.1. The fourth-order valence-corrected chi connectivity index (χ4v) is 3.55. The first-order chi connectivity index (χ1) is 13.4. The molecule has 1 unspecified atom stereocenters. The Morgan fingerprint density at radius 2 is 1.93 bits per heavy atom. The Labute approximate surface area is 168 Å². The van der Waals surface area contributed by atoms with E-state index in [2.05, 4.69) is 19.2 Å². The van der Waals surface area contributed by atoms with Gasteiger partial charge in [0.1, 0.15) is 6.04 Å². The van der Waals surface area contributed by atoms with E-state index in [-0.39, 0.29) is 17.9 Å². The summed E-state index contributed by atoms with van der Waals surface area (Å²) in [6, 6.07) is 6.95. The van der Waals surface area contributed by atoms with Crippen LogP contribution < -0.4 is 11.1 Å². The van der Waals surface area contributed by atoms with Gasteiger partial charge in [0.15, 0.2) is 0 Å². The summed E-state index contributed by atoms with van der Waals surface area (Å²) in [5.74, 6) is 0.136. The average Bonchev–Trinajstić information content (AvgIpc) is 2.67. The normalized spacial score (nSPS) is 16.2. The largest absolute Gasteiger partial charge is 0.378 e. The topological polar surface area (TPSA) is 84.7 Å². The van der Waals surface area contributed by atoms with Crippen LogP contribution in [-0.2, 0) is 9.53 Å². The van der Waals surface area contributed by atoms with Crippen molar-refractivity contribution in [1.82, 2.24) is 10.2 Å². The second-order valence-electron chi connectivity index (χ2n) is 8.01. The Bertz CT molecular complexity index is 640. The van der Waals surface area contributed by atoms with Crippen molar-refractivity contribution in [2.24, 2.45) is 11.7 Å². The van der Waals surface area contributed by atoms with E-state index in [1.54, 1.807) is 6.07 Å². The molecule has 2 amide bonds. The quantitative estimate of drug-likeness (QED) is 0.636. The van der Waals surface area contributed by atoms with E-state index >= 15 is 0 Å². The highest BCUT2D eigenvalue weighted by molar-refractivity contribution is 5.98. The van der Waals surface area contributed by atoms with E-state index in [4.69, 9.17) is 10.5 Å². The van der Waals surface area contributed by atoms with Crippen LogP contribution in [0, 0.1) is 12.8 Å². The SMILES string of the molecule is Cc1ccccc1C(=O)NC(CC(C)C)C(=O)N1CCC(OCCCN)CC1. The third kappa shape index (κ3) is 6.60. The maximum Gasteiger partial charge on any atom is 0.252 e. The minimum Gasteiger partial charge on any atom is -0.378 e. The lowest BCUT2D eigenvalue weighted by Crippen LogP contribution is -2.52. The maximum absolute atomic E-state index is 13.1. The molecule has 1 heterocycles. The molecule has 1 aromatic rings. The van der Waals surface area contributed by atoms with Gasteiger partial charge in [-0.05, 0) is 56.7 Å². The molecule has 0 aromatic heterocycles. The Balaban J connectivity index is 1.96. The molecule has 1 fully saturated rings. The lowest BCUT2D eigenvalue weighted by Gasteiger charge is -2.34. The standard InChI is InChI=1S/C22H35N3O3/c1-16(2)15-20(24-21(26)19-8-5-4-7-17(19)3)22(27)25-12-9-18(10-13-25)28-14-6-11-23/h4-5,7-8,16,18,20H,6,9-15,23H2,1-3H3,(H,24,26). The first-order valence-corrected chi connectivity index (χ1v) is 10.4. The van der Waals surface area contributed by atoms with Crippen LogP contribution in [0.1, 0.15) is 55.5 Å². The van der Waals surface area contributed by atoms with Gasteiger partial charge >= 0.3 is 0 Å². The van der Waals surface area contributed by atoms with Gasteiger partial charge in [0.05, 0.1) is 6.10 Å². The number of nitrogens with zero attached hydrogens (tertiary/aromatic N) is 1. The van der Waals surface area contributed by atoms with Gasteiger partial charge in [0, 0.05) is 25.3 Å². The number of nitrogens with two attached hydrogens (primary N) is 1. The number of piperidine rings is 1. The van der Waals surface area contributed by atoms with Crippen molar-refractivity contribution in [3.8, 4) is 0 Å². The number of carbonyl (C=O) groups is 2. The Morgan fingerprint density at radius 1 is 1.25 bits per heavy atom. The second kappa shape index (κ2) is 11.2. The number of hydrogen-bond acceptors (Lipinski definition) is 4. The van der Waals surface area contributed by atoms with Crippen molar-refractivity contribution in [1.29, 1.82) is 0 Å². The highest BCUT2D eigenvalue weighted by Gasteiger charge is 2.30. The predicted octanol–water partition coefficient (Wildman–Crippen LogP) is 2.50. The lowest BCUT2D eigenvalue weighted by molar-refractivity contribution is -0.136. The molecule has 1 aliphatic rings. The number of nitrogens with one attached hydrogen (secondary N) is 1. The molecule has 0 spiro atoms. The first-order valence-electron chi connectivity index (χ1n) is 10.4. The van der Waals surface area contributed by atoms with Crippen molar-refractivity contribution in [2.45, 2.75) is 58.6 Å². The number of likely N-dealkylation sites (tertiary alicyclic amines) is 1. The summed E-state index contributed by atoms with van der Waals surface area (Å²) in [5.41, 5.74) is 7.03. The Hall–Kier alpha value is -1.92. The minimum absolute atomic E-state index is 0.0102. The van der Waals surface area contributed by atoms with Gasteiger partial charge in [-0.25, -0.2) is 0 Å². The summed E-state index contributed by atoms with van der Waals surface area (Å²) in [5, 5.41) is 2.98. The third-order valence-corrected chi connectivity index (χ3v) is 5.16. The van der Waals surface area contributed by atoms with E-state index in [1.165, 1.54) is 0 Å². The molecule has 0 aliphatic carbocycles. The number of amides is 2. The minimum atomic E-state index is -0.498. The lowest BCUT2D eigenvalue weighted by atomic mass is 9.99. The monoisotopic (exact) mass is 389 g/mol. The highest BCUT2D eigenvalue weighted by atomic mass is 16.5. The zero-order valence-electron chi connectivity index (χ0n) is 17.4. The smallest absolute Gasteiger partial charge is 0.252 e. The van der Waals surface area contributed by atoms with Crippen LogP contribution in [0.3, 0.4) is 0 Å². The summed E-state index contributed by atoms with van der Waals surface area (Å²) in [6.45, 7) is 8.69. The predicted molar refractivity (Wildman–Crippen MR) is 111 cm³/mol. The summed E-state index contributed by atoms with van der Waals surface area (Å²) >= 11 is 0. The van der Waals surface area contributed by atoms with Crippen LogP contribution in [0.5, 0.6) is 0 Å². The Morgan fingerprint density at radius 3 is 2.54 bits per heavy atom. The molecule has 6 heteroatoms. The number of hydrogen-bond donors (Lipinski definition) is 2. The van der Waals surface area contributed by atoms with Crippen LogP contribution in [0.4, 0.5) is 0 Å². The van der Waals surface area contributed by atoms with Crippen LogP contribution in [-0.4, -0.2) is 55.1 Å². The molecule has 0 radical (unpaired) electrons. The molecule has 1 aliphatic heterocycles. The fourth-order valence-electron chi connectivity index (χ4n) is 3.55. The fraction of sp³-hybridized carbons (Fsp3) is 0.636. The number of rotatable bonds is 9. The Kier molecular flexibility index (Phi) is 8.93. The van der Waals surface area contributed by atoms with Gasteiger partial charge < -0.3 is 20.7 Å². The molecule has 28 heavy (non-hydrogen) atoms. The average molecular weight is 390 g/mol. The molecule has 156 valence electrons. The van der Waals surface area contributed by atoms with Gasteiger partial charge in [-0.2, -0.15) is 0 Å². The number of ether oxygens (including phenoxy) is 1. The van der Waals surface area contributed by atoms with E-state index in [9.17, 15) is 9.59 Å². The number of aryl methyl sites for hydroxylation is 1. The molecule has 1 saturated heterocycles. The number of carbonyl (C=O) groups excluding carboxylic acids is 2. The van der Waals surface area contributed by atoms with Crippen LogP contribution in [0.2, 0.25) is 0 Å². The van der Waals surface area contributed by atoms with Gasteiger partial charge in [-0.1, -0.05) is 32.0 Å². The molecular weight excluding hydrogens is 354 g/mol. The zero-order valence-corrected chi connectivity index (χ0v) is 17.4. The van der Waals surface area contributed by atoms with Gasteiger partial charge in [0.2, 0.25) is 5.91 Å². The van der Waals surface area contributed by atoms with Crippen molar-refractivity contribution in [3.05, 3.63) is 35.4 Å². The van der Waals surface area contributed by atoms with Crippen molar-refractivity contribution in [2.75, 3.05) is 26.2 Å². The molecule has 0 bridgehead atoms. The summed E-state index contributed by atoms with van der Waals surface area (Å²) in [4.78, 5) is 27.7. The van der Waals surface area contributed by atoms with E-state index in [1.807, 2.05) is 30.0 Å². The van der Waals surface area contributed by atoms with E-state index < -0.39 is 6.04 Å². The molecule has 1 atom stereocenters. The van der Waals surface area contributed by atoms with E-state index in [0.717, 1.165) is 24.8 Å². The van der Waals surface area contributed by atoms with Crippen molar-refractivity contribution >= 4 is 11.8 Å². The van der Waals surface area contributed by atoms with Gasteiger partial charge in [-0.3, -0.25) is 9.59 Å². The van der Waals surface area contributed by atoms with E-state index in [0.29, 0.717) is 44.1 Å². The summed E-state index contributed by atoms with van der Waals surface area (Å²) in [6.07, 6.45) is 3.34. The third-order valence-electron chi connectivity index (χ3n) is 5.16. The highest BCUT2D eigenvalue weighted by Crippen LogP contribution is 2.17. The van der Waals surface area contributed by atoms with Gasteiger partial charge in [-0.15, -0.1) is 0 Å². The van der Waals surface area contributed by atoms with Crippen molar-refractivity contribution in [3.63, 3.8) is 0 Å². The van der Waals surface area contributed by atoms with Gasteiger partial charge in [0.25, 0.3) is 5.91 Å².